The highest BCUT2D eigenvalue weighted by Crippen LogP contribution is 2.28. The lowest BCUT2D eigenvalue weighted by Gasteiger charge is -2.37. The second-order valence-electron chi connectivity index (χ2n) is 8.43. The Balaban J connectivity index is 1.28. The highest BCUT2D eigenvalue weighted by atomic mass is 32.1. The summed E-state index contributed by atoms with van der Waals surface area (Å²) in [6, 6.07) is 6.39. The molecule has 0 bridgehead atoms. The van der Waals surface area contributed by atoms with Crippen LogP contribution in [-0.2, 0) is 20.7 Å². The molecule has 0 N–H and O–H groups in total. The number of rotatable bonds is 6. The zero-order valence-corrected chi connectivity index (χ0v) is 19.2. The first kappa shape index (κ1) is 22.6. The normalized spacial score (nSPS) is 19.8. The Kier molecular flexibility index (Phi) is 7.34. The van der Waals surface area contributed by atoms with Gasteiger partial charge in [-0.25, -0.2) is 9.37 Å². The van der Waals surface area contributed by atoms with Crippen molar-refractivity contribution < 1.29 is 18.7 Å². The number of halogens is 1. The molecule has 7 nitrogen and oxygen atoms in total. The van der Waals surface area contributed by atoms with Crippen molar-refractivity contribution in [1.82, 2.24) is 14.3 Å². The summed E-state index contributed by atoms with van der Waals surface area (Å²) in [6.07, 6.45) is 3.74. The van der Waals surface area contributed by atoms with Gasteiger partial charge < -0.3 is 14.5 Å². The Labute approximate surface area is 191 Å². The van der Waals surface area contributed by atoms with Crippen molar-refractivity contribution in [3.05, 3.63) is 41.5 Å². The summed E-state index contributed by atoms with van der Waals surface area (Å²) in [6.45, 7) is 4.90. The third-order valence-electron chi connectivity index (χ3n) is 6.20. The molecule has 0 saturated carbocycles. The van der Waals surface area contributed by atoms with E-state index in [1.165, 1.54) is 23.7 Å². The van der Waals surface area contributed by atoms with Gasteiger partial charge in [0.1, 0.15) is 11.6 Å². The number of amides is 1. The van der Waals surface area contributed by atoms with Crippen LogP contribution in [0, 0.1) is 17.7 Å². The fraction of sp³-hybridized carbons (Fsp3) is 0.565. The molecule has 4 rings (SSSR count). The van der Waals surface area contributed by atoms with E-state index < -0.39 is 0 Å². The standard InChI is InChI=1S/C23H29FN4O3S/c1-2-31-22(30)18-4-3-11-28(15-18)21(29)17-9-12-27(13-10-17)23-25-20(26-32-23)14-16-5-7-19(24)8-6-16/h5-8,17-18H,2-4,9-15H2,1H3. The average molecular weight is 461 g/mol. The predicted octanol–water partition coefficient (Wildman–Crippen LogP) is 3.29. The third kappa shape index (κ3) is 5.43. The quantitative estimate of drug-likeness (QED) is 0.616. The van der Waals surface area contributed by atoms with E-state index in [4.69, 9.17) is 4.74 Å². The number of esters is 1. The minimum Gasteiger partial charge on any atom is -0.466 e. The van der Waals surface area contributed by atoms with Gasteiger partial charge in [0.25, 0.3) is 0 Å². The molecule has 2 aliphatic rings. The zero-order valence-electron chi connectivity index (χ0n) is 18.3. The first-order chi connectivity index (χ1) is 15.5. The summed E-state index contributed by atoms with van der Waals surface area (Å²) in [5.41, 5.74) is 0.975. The molecule has 2 fully saturated rings. The molecule has 2 aromatic rings. The molecule has 0 aliphatic carbocycles. The number of benzene rings is 1. The summed E-state index contributed by atoms with van der Waals surface area (Å²) in [5.74, 6) is 0.236. The van der Waals surface area contributed by atoms with E-state index in [0.717, 1.165) is 61.8 Å². The van der Waals surface area contributed by atoms with Crippen LogP contribution in [0.25, 0.3) is 0 Å². The van der Waals surface area contributed by atoms with Gasteiger partial charge in [0.2, 0.25) is 11.0 Å². The lowest BCUT2D eigenvalue weighted by atomic mass is 9.92. The molecule has 32 heavy (non-hydrogen) atoms. The molecule has 1 aromatic carbocycles. The van der Waals surface area contributed by atoms with Gasteiger partial charge in [0.05, 0.1) is 12.5 Å². The van der Waals surface area contributed by atoms with Gasteiger partial charge in [-0.05, 0) is 50.3 Å². The number of carbonyl (C=O) groups is 2. The van der Waals surface area contributed by atoms with Crippen molar-refractivity contribution in [1.29, 1.82) is 0 Å². The van der Waals surface area contributed by atoms with Gasteiger partial charge in [-0.1, -0.05) is 12.1 Å². The van der Waals surface area contributed by atoms with E-state index in [1.807, 2.05) is 4.90 Å². The Morgan fingerprint density at radius 1 is 1.12 bits per heavy atom. The van der Waals surface area contributed by atoms with Crippen molar-refractivity contribution in [2.24, 2.45) is 11.8 Å². The maximum atomic E-state index is 13.1. The van der Waals surface area contributed by atoms with Crippen LogP contribution in [0.3, 0.4) is 0 Å². The molecule has 0 radical (unpaired) electrons. The second kappa shape index (κ2) is 10.4. The van der Waals surface area contributed by atoms with Crippen LogP contribution >= 0.6 is 11.5 Å². The summed E-state index contributed by atoms with van der Waals surface area (Å²) in [4.78, 5) is 33.8. The van der Waals surface area contributed by atoms with Crippen LogP contribution in [0.5, 0.6) is 0 Å². The lowest BCUT2D eigenvalue weighted by molar-refractivity contribution is -0.152. The lowest BCUT2D eigenvalue weighted by Crippen LogP contribution is -2.47. The van der Waals surface area contributed by atoms with Gasteiger partial charge >= 0.3 is 5.97 Å². The number of aromatic nitrogens is 2. The van der Waals surface area contributed by atoms with Crippen molar-refractivity contribution >= 4 is 28.5 Å². The van der Waals surface area contributed by atoms with Crippen LogP contribution < -0.4 is 4.90 Å². The number of ether oxygens (including phenoxy) is 1. The smallest absolute Gasteiger partial charge is 0.310 e. The van der Waals surface area contributed by atoms with E-state index in [-0.39, 0.29) is 29.5 Å². The Morgan fingerprint density at radius 2 is 1.88 bits per heavy atom. The molecule has 2 saturated heterocycles. The number of piperidine rings is 2. The summed E-state index contributed by atoms with van der Waals surface area (Å²) in [7, 11) is 0. The van der Waals surface area contributed by atoms with Crippen molar-refractivity contribution in [3.8, 4) is 0 Å². The fourth-order valence-electron chi connectivity index (χ4n) is 4.44. The molecule has 0 spiro atoms. The maximum Gasteiger partial charge on any atom is 0.310 e. The summed E-state index contributed by atoms with van der Waals surface area (Å²) >= 11 is 1.37. The van der Waals surface area contributed by atoms with E-state index in [9.17, 15) is 14.0 Å². The van der Waals surface area contributed by atoms with Crippen LogP contribution in [0.1, 0.15) is 44.0 Å². The van der Waals surface area contributed by atoms with Gasteiger partial charge in [0.15, 0.2) is 0 Å². The number of likely N-dealkylation sites (tertiary alicyclic amines) is 1. The minimum atomic E-state index is -0.251. The molecule has 3 heterocycles. The van der Waals surface area contributed by atoms with E-state index in [2.05, 4.69) is 14.3 Å². The van der Waals surface area contributed by atoms with Crippen molar-refractivity contribution in [2.45, 2.75) is 39.0 Å². The fourth-order valence-corrected chi connectivity index (χ4v) is 5.17. The first-order valence-electron chi connectivity index (χ1n) is 11.3. The number of nitrogens with zero attached hydrogens (tertiary/aromatic N) is 4. The van der Waals surface area contributed by atoms with Gasteiger partial charge in [-0.3, -0.25) is 9.59 Å². The molecule has 172 valence electrons. The number of anilines is 1. The molecule has 1 atom stereocenters. The van der Waals surface area contributed by atoms with Gasteiger partial charge in [0, 0.05) is 50.1 Å². The molecular weight excluding hydrogens is 431 g/mol. The van der Waals surface area contributed by atoms with Crippen molar-refractivity contribution in [2.75, 3.05) is 37.7 Å². The Bertz CT molecular complexity index is 928. The molecule has 1 amide bonds. The largest absolute Gasteiger partial charge is 0.466 e. The topological polar surface area (TPSA) is 75.6 Å². The SMILES string of the molecule is CCOC(=O)C1CCCN(C(=O)C2CCN(c3nc(Cc4ccc(F)cc4)ns3)CC2)C1. The van der Waals surface area contributed by atoms with E-state index in [0.29, 0.717) is 19.6 Å². The number of hydrogen-bond acceptors (Lipinski definition) is 7. The Hall–Kier alpha value is -2.55. The molecular formula is C23H29FN4O3S. The summed E-state index contributed by atoms with van der Waals surface area (Å²) in [5, 5.41) is 0.869. The molecule has 1 aromatic heterocycles. The first-order valence-corrected chi connectivity index (χ1v) is 12.1. The second-order valence-corrected chi connectivity index (χ2v) is 9.16. The van der Waals surface area contributed by atoms with E-state index in [1.54, 1.807) is 19.1 Å². The van der Waals surface area contributed by atoms with Crippen LogP contribution in [-0.4, -0.2) is 58.9 Å². The zero-order chi connectivity index (χ0) is 22.5. The summed E-state index contributed by atoms with van der Waals surface area (Å²) < 4.78 is 22.7. The highest BCUT2D eigenvalue weighted by molar-refractivity contribution is 7.09. The van der Waals surface area contributed by atoms with Crippen LogP contribution in [0.4, 0.5) is 9.52 Å². The van der Waals surface area contributed by atoms with Crippen LogP contribution in [0.15, 0.2) is 24.3 Å². The van der Waals surface area contributed by atoms with Gasteiger partial charge in [-0.2, -0.15) is 4.37 Å². The number of carbonyl (C=O) groups excluding carboxylic acids is 2. The van der Waals surface area contributed by atoms with Crippen LogP contribution in [0.2, 0.25) is 0 Å². The molecule has 9 heteroatoms. The third-order valence-corrected chi connectivity index (χ3v) is 7.02. The molecule has 1 unspecified atom stereocenters. The van der Waals surface area contributed by atoms with E-state index >= 15 is 0 Å². The maximum absolute atomic E-state index is 13.1. The minimum absolute atomic E-state index is 0.0150. The monoisotopic (exact) mass is 460 g/mol. The van der Waals surface area contributed by atoms with Gasteiger partial charge in [-0.15, -0.1) is 0 Å². The highest BCUT2D eigenvalue weighted by Gasteiger charge is 2.34. The molecule has 2 aliphatic heterocycles. The average Bonchev–Trinajstić information content (AvgIpc) is 3.29. The Morgan fingerprint density at radius 3 is 2.59 bits per heavy atom. The number of hydrogen-bond donors (Lipinski definition) is 0. The predicted molar refractivity (Wildman–Crippen MR) is 120 cm³/mol. The van der Waals surface area contributed by atoms with Crippen molar-refractivity contribution in [3.63, 3.8) is 0 Å².